The third-order valence-electron chi connectivity index (χ3n) is 5.12. The Labute approximate surface area is 167 Å². The number of nitrogens with zero attached hydrogens (tertiary/aromatic N) is 1. The summed E-state index contributed by atoms with van der Waals surface area (Å²) >= 11 is 0. The summed E-state index contributed by atoms with van der Waals surface area (Å²) in [6, 6.07) is 32.0. The maximum Gasteiger partial charge on any atom is 0.212 e. The van der Waals surface area contributed by atoms with E-state index in [2.05, 4.69) is 101 Å². The number of rotatable bonds is 8. The SMILES string of the molecule is c1ccc(CCCCC[n+]2cc(Nc3ccccc3)cc3ccccc32)cc1. The maximum atomic E-state index is 3.54. The lowest BCUT2D eigenvalue weighted by atomic mass is 10.1. The van der Waals surface area contributed by atoms with Crippen LogP contribution in [0.3, 0.4) is 0 Å². The zero-order valence-corrected chi connectivity index (χ0v) is 16.2. The molecule has 0 saturated carbocycles. The number of benzene rings is 3. The summed E-state index contributed by atoms with van der Waals surface area (Å²) in [5, 5.41) is 4.81. The number of nitrogens with one attached hydrogen (secondary N) is 1. The Balaban J connectivity index is 1.43. The van der Waals surface area contributed by atoms with E-state index in [-0.39, 0.29) is 0 Å². The average Bonchev–Trinajstić information content (AvgIpc) is 2.75. The van der Waals surface area contributed by atoms with Crippen LogP contribution in [-0.4, -0.2) is 0 Å². The molecule has 0 fully saturated rings. The maximum absolute atomic E-state index is 3.54. The summed E-state index contributed by atoms with van der Waals surface area (Å²) in [6.45, 7) is 1.04. The van der Waals surface area contributed by atoms with Crippen LogP contribution in [0, 0.1) is 0 Å². The van der Waals surface area contributed by atoms with Crippen LogP contribution in [0.4, 0.5) is 11.4 Å². The second-order valence-electron chi connectivity index (χ2n) is 7.27. The van der Waals surface area contributed by atoms with Crippen LogP contribution >= 0.6 is 0 Å². The molecule has 0 radical (unpaired) electrons. The Morgan fingerprint density at radius 3 is 2.18 bits per heavy atom. The first-order valence-electron chi connectivity index (χ1n) is 10.2. The first-order chi connectivity index (χ1) is 13.9. The van der Waals surface area contributed by atoms with Crippen molar-refractivity contribution in [2.24, 2.45) is 0 Å². The van der Waals surface area contributed by atoms with Crippen molar-refractivity contribution in [1.29, 1.82) is 0 Å². The highest BCUT2D eigenvalue weighted by Gasteiger charge is 2.11. The van der Waals surface area contributed by atoms with Gasteiger partial charge in [-0.15, -0.1) is 0 Å². The summed E-state index contributed by atoms with van der Waals surface area (Å²) in [5.41, 5.74) is 4.99. The number of unbranched alkanes of at least 4 members (excludes halogenated alkanes) is 2. The molecule has 0 aliphatic rings. The standard InChI is InChI=1S/C26H27N2/c1-4-12-22(13-5-1)14-6-3-11-19-28-21-25(27-24-16-7-2-8-17-24)20-23-15-9-10-18-26(23)28/h1-2,4-5,7-10,12-13,15-18,20-21,27H,3,6,11,14,19H2/q+1. The molecule has 1 heterocycles. The number of hydrogen-bond donors (Lipinski definition) is 1. The zero-order chi connectivity index (χ0) is 19.0. The molecule has 2 heteroatoms. The number of aromatic nitrogens is 1. The molecular formula is C26H27N2+. The van der Waals surface area contributed by atoms with Gasteiger partial charge in [0.15, 0.2) is 6.20 Å². The van der Waals surface area contributed by atoms with Crippen molar-refractivity contribution in [2.75, 3.05) is 5.32 Å². The van der Waals surface area contributed by atoms with Gasteiger partial charge in [0.05, 0.1) is 0 Å². The van der Waals surface area contributed by atoms with Gasteiger partial charge in [0, 0.05) is 23.6 Å². The molecule has 0 spiro atoms. The molecule has 0 saturated heterocycles. The Hall–Kier alpha value is -3.13. The van der Waals surface area contributed by atoms with Gasteiger partial charge >= 0.3 is 0 Å². The zero-order valence-electron chi connectivity index (χ0n) is 16.2. The molecule has 0 unspecified atom stereocenters. The van der Waals surface area contributed by atoms with Crippen molar-refractivity contribution < 1.29 is 4.57 Å². The fraction of sp³-hybridized carbons (Fsp3) is 0.192. The molecule has 1 N–H and O–H groups in total. The third kappa shape index (κ3) is 4.77. The minimum atomic E-state index is 1.04. The molecule has 28 heavy (non-hydrogen) atoms. The summed E-state index contributed by atoms with van der Waals surface area (Å²) in [7, 11) is 0. The van der Waals surface area contributed by atoms with E-state index in [0.29, 0.717) is 0 Å². The highest BCUT2D eigenvalue weighted by Crippen LogP contribution is 2.19. The van der Waals surface area contributed by atoms with Gasteiger partial charge in [-0.05, 0) is 49.1 Å². The Morgan fingerprint density at radius 1 is 0.643 bits per heavy atom. The molecule has 0 aliphatic heterocycles. The van der Waals surface area contributed by atoms with Crippen LogP contribution < -0.4 is 9.88 Å². The van der Waals surface area contributed by atoms with Gasteiger partial charge in [-0.2, -0.15) is 4.57 Å². The fourth-order valence-corrected chi connectivity index (χ4v) is 3.69. The van der Waals surface area contributed by atoms with E-state index in [1.54, 1.807) is 0 Å². The van der Waals surface area contributed by atoms with Gasteiger partial charge in [-0.1, -0.05) is 60.7 Å². The van der Waals surface area contributed by atoms with Crippen LogP contribution in [0.1, 0.15) is 24.8 Å². The fourth-order valence-electron chi connectivity index (χ4n) is 3.69. The van der Waals surface area contributed by atoms with Crippen LogP contribution in [0.15, 0.2) is 97.2 Å². The smallest absolute Gasteiger partial charge is 0.212 e. The third-order valence-corrected chi connectivity index (χ3v) is 5.12. The lowest BCUT2D eigenvalue weighted by Gasteiger charge is -2.08. The lowest BCUT2D eigenvalue weighted by Crippen LogP contribution is -2.34. The highest BCUT2D eigenvalue weighted by molar-refractivity contribution is 5.79. The van der Waals surface area contributed by atoms with Crippen molar-refractivity contribution in [3.63, 3.8) is 0 Å². The van der Waals surface area contributed by atoms with Crippen molar-refractivity contribution in [3.05, 3.63) is 103 Å². The first-order valence-corrected chi connectivity index (χ1v) is 10.2. The predicted molar refractivity (Wildman–Crippen MR) is 118 cm³/mol. The minimum Gasteiger partial charge on any atom is -0.351 e. The van der Waals surface area contributed by atoms with E-state index >= 15 is 0 Å². The van der Waals surface area contributed by atoms with E-state index < -0.39 is 0 Å². The van der Waals surface area contributed by atoms with Gasteiger partial charge < -0.3 is 5.32 Å². The van der Waals surface area contributed by atoms with Crippen LogP contribution in [0.2, 0.25) is 0 Å². The number of pyridine rings is 1. The number of fused-ring (bicyclic) bond motifs is 1. The van der Waals surface area contributed by atoms with Crippen LogP contribution in [-0.2, 0) is 13.0 Å². The highest BCUT2D eigenvalue weighted by atomic mass is 15.0. The second kappa shape index (κ2) is 9.18. The number of anilines is 2. The Bertz CT molecular complexity index is 1010. The van der Waals surface area contributed by atoms with Gasteiger partial charge in [0.1, 0.15) is 12.2 Å². The van der Waals surface area contributed by atoms with Crippen molar-refractivity contribution in [1.82, 2.24) is 0 Å². The molecule has 0 amide bonds. The molecule has 140 valence electrons. The summed E-state index contributed by atoms with van der Waals surface area (Å²) in [5.74, 6) is 0. The summed E-state index contributed by atoms with van der Waals surface area (Å²) in [6.07, 6.45) is 7.09. The minimum absolute atomic E-state index is 1.04. The molecule has 3 aromatic carbocycles. The van der Waals surface area contributed by atoms with E-state index in [1.165, 1.54) is 42.1 Å². The lowest BCUT2D eigenvalue weighted by molar-refractivity contribution is -0.671. The molecule has 0 aliphatic carbocycles. The van der Waals surface area contributed by atoms with Gasteiger partial charge in [-0.3, -0.25) is 0 Å². The van der Waals surface area contributed by atoms with E-state index in [1.807, 2.05) is 6.07 Å². The number of hydrogen-bond acceptors (Lipinski definition) is 1. The molecule has 2 nitrogen and oxygen atoms in total. The van der Waals surface area contributed by atoms with Gasteiger partial charge in [0.25, 0.3) is 0 Å². The largest absolute Gasteiger partial charge is 0.351 e. The van der Waals surface area contributed by atoms with Crippen LogP contribution in [0.25, 0.3) is 10.9 Å². The molecule has 1 aromatic heterocycles. The average molecular weight is 368 g/mol. The Kier molecular flexibility index (Phi) is 5.98. The summed E-state index contributed by atoms with van der Waals surface area (Å²) < 4.78 is 2.39. The quantitative estimate of drug-likeness (QED) is 0.286. The van der Waals surface area contributed by atoms with E-state index in [9.17, 15) is 0 Å². The Morgan fingerprint density at radius 2 is 1.36 bits per heavy atom. The molecule has 4 aromatic rings. The number of para-hydroxylation sites is 2. The van der Waals surface area contributed by atoms with Crippen molar-refractivity contribution in [3.8, 4) is 0 Å². The topological polar surface area (TPSA) is 15.9 Å². The van der Waals surface area contributed by atoms with Crippen molar-refractivity contribution >= 4 is 22.3 Å². The van der Waals surface area contributed by atoms with Crippen LogP contribution in [0.5, 0.6) is 0 Å². The molecular weight excluding hydrogens is 340 g/mol. The van der Waals surface area contributed by atoms with Gasteiger partial charge in [-0.25, -0.2) is 0 Å². The first kappa shape index (κ1) is 18.2. The van der Waals surface area contributed by atoms with E-state index in [4.69, 9.17) is 0 Å². The molecule has 4 rings (SSSR count). The van der Waals surface area contributed by atoms with E-state index in [0.717, 1.165) is 17.9 Å². The second-order valence-corrected chi connectivity index (χ2v) is 7.27. The van der Waals surface area contributed by atoms with Crippen molar-refractivity contribution in [2.45, 2.75) is 32.2 Å². The molecule has 0 atom stereocenters. The number of aryl methyl sites for hydroxylation is 2. The summed E-state index contributed by atoms with van der Waals surface area (Å²) in [4.78, 5) is 0. The normalized spacial score (nSPS) is 10.9. The monoisotopic (exact) mass is 367 g/mol. The predicted octanol–water partition coefficient (Wildman–Crippen LogP) is 6.28. The molecule has 0 bridgehead atoms. The van der Waals surface area contributed by atoms with Gasteiger partial charge in [0.2, 0.25) is 5.52 Å².